The van der Waals surface area contributed by atoms with Crippen LogP contribution in [0.4, 0.5) is 5.82 Å². The van der Waals surface area contributed by atoms with Crippen LogP contribution in [0.3, 0.4) is 0 Å². The van der Waals surface area contributed by atoms with Crippen LogP contribution in [-0.2, 0) is 6.42 Å². The van der Waals surface area contributed by atoms with Crippen molar-refractivity contribution in [3.05, 3.63) is 59.7 Å². The highest BCUT2D eigenvalue weighted by Gasteiger charge is 2.22. The number of para-hydroxylation sites is 1. The van der Waals surface area contributed by atoms with Gasteiger partial charge >= 0.3 is 0 Å². The molecule has 0 radical (unpaired) electrons. The van der Waals surface area contributed by atoms with Crippen LogP contribution in [-0.4, -0.2) is 34.8 Å². The van der Waals surface area contributed by atoms with Crippen LogP contribution in [0.5, 0.6) is 5.75 Å². The van der Waals surface area contributed by atoms with Gasteiger partial charge in [0, 0.05) is 29.7 Å². The minimum Gasteiger partial charge on any atom is -0.493 e. The van der Waals surface area contributed by atoms with Gasteiger partial charge < -0.3 is 15.2 Å². The van der Waals surface area contributed by atoms with Gasteiger partial charge in [-0.05, 0) is 19.1 Å². The van der Waals surface area contributed by atoms with Gasteiger partial charge in [0.1, 0.15) is 11.6 Å². The maximum atomic E-state index is 9.23. The van der Waals surface area contributed by atoms with Gasteiger partial charge in [-0.15, -0.1) is 0 Å². The van der Waals surface area contributed by atoms with Crippen molar-refractivity contribution in [2.24, 2.45) is 0 Å². The molecule has 1 aliphatic heterocycles. The Morgan fingerprint density at radius 3 is 2.69 bits per heavy atom. The summed E-state index contributed by atoms with van der Waals surface area (Å²) in [5.41, 5.74) is 5.06. The lowest BCUT2D eigenvalue weighted by molar-refractivity contribution is 0.310. The predicted molar refractivity (Wildman–Crippen MR) is 102 cm³/mol. The molecule has 132 valence electrons. The van der Waals surface area contributed by atoms with Gasteiger partial charge in [0.05, 0.1) is 18.9 Å². The van der Waals surface area contributed by atoms with Crippen molar-refractivity contribution in [3.8, 4) is 28.4 Å². The number of aliphatic hydroxyl groups is 1. The number of aryl methyl sites for hydroxylation is 1. The number of nitrogens with one attached hydrogen (secondary N) is 1. The number of hydrogen-bond donors (Lipinski definition) is 2. The number of anilines is 1. The highest BCUT2D eigenvalue weighted by molar-refractivity contribution is 5.77. The molecule has 0 aliphatic carbocycles. The summed E-state index contributed by atoms with van der Waals surface area (Å²) in [7, 11) is 0. The van der Waals surface area contributed by atoms with Gasteiger partial charge in [-0.25, -0.2) is 9.97 Å². The molecular weight excluding hydrogens is 326 g/mol. The molecule has 0 bridgehead atoms. The first-order valence-corrected chi connectivity index (χ1v) is 8.81. The molecule has 3 aromatic rings. The number of hydrogen-bond acceptors (Lipinski definition) is 5. The van der Waals surface area contributed by atoms with Crippen LogP contribution in [0.15, 0.2) is 48.5 Å². The van der Waals surface area contributed by atoms with E-state index in [-0.39, 0.29) is 6.61 Å². The average Bonchev–Trinajstić information content (AvgIpc) is 2.86. The molecule has 0 unspecified atom stereocenters. The molecule has 1 aliphatic rings. The maximum absolute atomic E-state index is 9.23. The molecule has 4 rings (SSSR count). The van der Waals surface area contributed by atoms with Gasteiger partial charge in [0.25, 0.3) is 0 Å². The number of nitrogens with zero attached hydrogens (tertiary/aromatic N) is 2. The van der Waals surface area contributed by atoms with Crippen molar-refractivity contribution in [2.75, 3.05) is 25.1 Å². The van der Waals surface area contributed by atoms with E-state index < -0.39 is 0 Å². The molecule has 0 fully saturated rings. The largest absolute Gasteiger partial charge is 0.493 e. The second-order valence-corrected chi connectivity index (χ2v) is 6.33. The van der Waals surface area contributed by atoms with Crippen molar-refractivity contribution in [3.63, 3.8) is 0 Å². The number of aliphatic hydroxyl groups excluding tert-OH is 1. The van der Waals surface area contributed by atoms with E-state index in [0.29, 0.717) is 25.4 Å². The summed E-state index contributed by atoms with van der Waals surface area (Å²) in [4.78, 5) is 9.64. The molecule has 0 saturated carbocycles. The summed E-state index contributed by atoms with van der Waals surface area (Å²) in [6.45, 7) is 3.12. The summed E-state index contributed by atoms with van der Waals surface area (Å²) >= 11 is 0. The quantitative estimate of drug-likeness (QED) is 0.756. The molecule has 5 heteroatoms. The zero-order chi connectivity index (χ0) is 17.9. The van der Waals surface area contributed by atoms with Crippen LogP contribution in [0.2, 0.25) is 0 Å². The number of benzene rings is 2. The number of fused-ring (bicyclic) bond motifs is 3. The first kappa shape index (κ1) is 16.5. The van der Waals surface area contributed by atoms with E-state index in [9.17, 15) is 5.11 Å². The van der Waals surface area contributed by atoms with Crippen LogP contribution in [0, 0.1) is 6.92 Å². The fourth-order valence-corrected chi connectivity index (χ4v) is 3.15. The maximum Gasteiger partial charge on any atom is 0.162 e. The van der Waals surface area contributed by atoms with Crippen LogP contribution >= 0.6 is 0 Å². The summed E-state index contributed by atoms with van der Waals surface area (Å²) in [5, 5.41) is 12.5. The van der Waals surface area contributed by atoms with Gasteiger partial charge in [-0.3, -0.25) is 0 Å². The first-order valence-electron chi connectivity index (χ1n) is 8.81. The highest BCUT2D eigenvalue weighted by atomic mass is 16.5. The second kappa shape index (κ2) is 7.14. The smallest absolute Gasteiger partial charge is 0.162 e. The third-order valence-electron chi connectivity index (χ3n) is 4.47. The normalized spacial score (nSPS) is 12.5. The standard InChI is InChI=1S/C21H21N3O2/c1-14-6-8-15(9-7-14)20-23-19-16-4-2-3-5-18(16)26-13-10-17(19)21(24-20)22-11-12-25/h2-9,25H,10-13H2,1H3,(H,22,23,24). The predicted octanol–water partition coefficient (Wildman–Crippen LogP) is 3.46. The van der Waals surface area contributed by atoms with Crippen molar-refractivity contribution in [1.82, 2.24) is 9.97 Å². The fourth-order valence-electron chi connectivity index (χ4n) is 3.15. The van der Waals surface area contributed by atoms with Crippen molar-refractivity contribution in [1.29, 1.82) is 0 Å². The zero-order valence-electron chi connectivity index (χ0n) is 14.7. The second-order valence-electron chi connectivity index (χ2n) is 6.33. The van der Waals surface area contributed by atoms with E-state index >= 15 is 0 Å². The van der Waals surface area contributed by atoms with Crippen LogP contribution in [0.25, 0.3) is 22.6 Å². The van der Waals surface area contributed by atoms with E-state index in [1.807, 2.05) is 36.4 Å². The molecule has 2 N–H and O–H groups in total. The van der Waals surface area contributed by atoms with E-state index in [2.05, 4.69) is 24.4 Å². The fraction of sp³-hybridized carbons (Fsp3) is 0.238. The minimum atomic E-state index is 0.0473. The summed E-state index contributed by atoms with van der Waals surface area (Å²) < 4.78 is 5.91. The number of ether oxygens (including phenoxy) is 1. The molecule has 5 nitrogen and oxygen atoms in total. The van der Waals surface area contributed by atoms with Crippen molar-refractivity contribution in [2.45, 2.75) is 13.3 Å². The summed E-state index contributed by atoms with van der Waals surface area (Å²) in [6.07, 6.45) is 0.714. The average molecular weight is 347 g/mol. The SMILES string of the molecule is Cc1ccc(-c2nc(NCCO)c3c(n2)-c2ccccc2OCC3)cc1. The molecule has 26 heavy (non-hydrogen) atoms. The molecule has 2 heterocycles. The first-order chi connectivity index (χ1) is 12.8. The highest BCUT2D eigenvalue weighted by Crippen LogP contribution is 2.37. The third kappa shape index (κ3) is 3.13. The number of rotatable bonds is 4. The van der Waals surface area contributed by atoms with Gasteiger partial charge in [-0.2, -0.15) is 0 Å². The minimum absolute atomic E-state index is 0.0473. The van der Waals surface area contributed by atoms with Gasteiger partial charge in [-0.1, -0.05) is 42.0 Å². The summed E-state index contributed by atoms with van der Waals surface area (Å²) in [5.74, 6) is 2.27. The Morgan fingerprint density at radius 2 is 1.88 bits per heavy atom. The van der Waals surface area contributed by atoms with Crippen molar-refractivity contribution < 1.29 is 9.84 Å². The topological polar surface area (TPSA) is 67.3 Å². The monoisotopic (exact) mass is 347 g/mol. The lowest BCUT2D eigenvalue weighted by Gasteiger charge is -2.15. The lowest BCUT2D eigenvalue weighted by Crippen LogP contribution is -2.12. The Bertz CT molecular complexity index is 923. The van der Waals surface area contributed by atoms with E-state index in [4.69, 9.17) is 14.7 Å². The molecule has 0 atom stereocenters. The van der Waals surface area contributed by atoms with E-state index in [1.165, 1.54) is 5.56 Å². The Hall–Kier alpha value is -2.92. The molecular formula is C21H21N3O2. The van der Waals surface area contributed by atoms with Gasteiger partial charge in [0.2, 0.25) is 0 Å². The van der Waals surface area contributed by atoms with Crippen LogP contribution < -0.4 is 10.1 Å². The Morgan fingerprint density at radius 1 is 1.08 bits per heavy atom. The Kier molecular flexibility index (Phi) is 4.54. The van der Waals surface area contributed by atoms with E-state index in [0.717, 1.165) is 34.0 Å². The molecule has 0 saturated heterocycles. The van der Waals surface area contributed by atoms with E-state index in [1.54, 1.807) is 0 Å². The summed E-state index contributed by atoms with van der Waals surface area (Å²) in [6, 6.07) is 16.1. The lowest BCUT2D eigenvalue weighted by atomic mass is 10.0. The van der Waals surface area contributed by atoms with Gasteiger partial charge in [0.15, 0.2) is 5.82 Å². The number of aromatic nitrogens is 2. The molecule has 2 aromatic carbocycles. The van der Waals surface area contributed by atoms with Crippen LogP contribution in [0.1, 0.15) is 11.1 Å². The molecule has 0 amide bonds. The molecule has 1 aromatic heterocycles. The third-order valence-corrected chi connectivity index (χ3v) is 4.47. The Balaban J connectivity index is 1.91. The van der Waals surface area contributed by atoms with Crippen molar-refractivity contribution >= 4 is 5.82 Å². The Labute approximate surface area is 152 Å². The zero-order valence-corrected chi connectivity index (χ0v) is 14.7. The molecule has 0 spiro atoms.